The van der Waals surface area contributed by atoms with E-state index in [0.29, 0.717) is 10.0 Å². The number of aliphatic hydroxyl groups excluding tert-OH is 1. The Morgan fingerprint density at radius 3 is 1.44 bits per heavy atom. The van der Waals surface area contributed by atoms with Crippen molar-refractivity contribution >= 4 is 29.7 Å². The molecule has 2 amide bonds. The summed E-state index contributed by atoms with van der Waals surface area (Å²) in [5.74, 6) is -5.33. The highest BCUT2D eigenvalue weighted by atomic mass is 16.9. The first-order valence-electron chi connectivity index (χ1n) is 20.2. The Hall–Kier alpha value is -7.59. The van der Waals surface area contributed by atoms with Crippen molar-refractivity contribution in [1.29, 1.82) is 16.4 Å². The number of ether oxygens (including phenoxy) is 4. The van der Waals surface area contributed by atoms with Crippen LogP contribution < -0.4 is 10.7 Å². The molecule has 1 fully saturated rings. The number of rotatable bonds is 15. The maximum absolute atomic E-state index is 11.3. The van der Waals surface area contributed by atoms with Crippen molar-refractivity contribution in [2.75, 3.05) is 27.1 Å². The summed E-state index contributed by atoms with van der Waals surface area (Å²) < 4.78 is 18.1. The molecule has 0 aromatic carbocycles. The summed E-state index contributed by atoms with van der Waals surface area (Å²) in [6.45, 7) is 26.6. The summed E-state index contributed by atoms with van der Waals surface area (Å²) in [5.41, 5.74) is 6.40. The number of carboxylic acids is 1. The second-order valence-corrected chi connectivity index (χ2v) is 13.9. The van der Waals surface area contributed by atoms with Gasteiger partial charge in [-0.3, -0.25) is 28.7 Å². The van der Waals surface area contributed by atoms with Crippen LogP contribution in [0.1, 0.15) is 126 Å². The van der Waals surface area contributed by atoms with Crippen LogP contribution in [0.2, 0.25) is 0 Å². The molecule has 1 unspecified atom stereocenters. The van der Waals surface area contributed by atoms with E-state index >= 15 is 0 Å². The third-order valence-corrected chi connectivity index (χ3v) is 4.20. The van der Waals surface area contributed by atoms with E-state index in [1.165, 1.54) is 20.8 Å². The molecule has 0 radical (unpaired) electrons. The Labute approximate surface area is 433 Å². The van der Waals surface area contributed by atoms with E-state index in [2.05, 4.69) is 65.1 Å². The molecule has 0 bridgehead atoms. The molecule has 41 heteroatoms. The van der Waals surface area contributed by atoms with E-state index < -0.39 is 35.6 Å². The van der Waals surface area contributed by atoms with Crippen LogP contribution in [0, 0.1) is 57.4 Å². The number of esters is 2. The predicted molar refractivity (Wildman–Crippen MR) is 251 cm³/mol. The Balaban J connectivity index is -0.0000000627. The van der Waals surface area contributed by atoms with Crippen molar-refractivity contribution in [3.63, 3.8) is 0 Å². The number of hydrogen-bond acceptors (Lipinski definition) is 30. The van der Waals surface area contributed by atoms with Gasteiger partial charge < -0.3 is 71.7 Å². The van der Waals surface area contributed by atoms with Gasteiger partial charge in [0.25, 0.3) is 24.5 Å². The van der Waals surface area contributed by atoms with Gasteiger partial charge in [-0.2, -0.15) is 19.7 Å². The average Bonchev–Trinajstić information content (AvgIpc) is 3.60. The Morgan fingerprint density at radius 1 is 0.800 bits per heavy atom. The van der Waals surface area contributed by atoms with Gasteiger partial charge >= 0.3 is 13.4 Å². The molecule has 1 rings (SSSR count). The molecule has 444 valence electrons. The molecule has 0 aliphatic carbocycles. The molecule has 1 heterocycles. The zero-order valence-corrected chi connectivity index (χ0v) is 45.1. The third kappa shape index (κ3) is 100. The highest BCUT2D eigenvalue weighted by Crippen LogP contribution is 2.18. The molecule has 0 aromatic rings. The molecular weight excluding hydrogens is 1030 g/mol. The first-order valence-corrected chi connectivity index (χ1v) is 20.2. The van der Waals surface area contributed by atoms with Crippen LogP contribution >= 0.6 is 0 Å². The lowest BCUT2D eigenvalue weighted by atomic mass is 10.4. The Morgan fingerprint density at radius 2 is 1.17 bits per heavy atom. The van der Waals surface area contributed by atoms with Gasteiger partial charge in [-0.05, 0) is 101 Å². The summed E-state index contributed by atoms with van der Waals surface area (Å²) >= 11 is 0. The van der Waals surface area contributed by atoms with E-state index in [0.717, 1.165) is 20.8 Å². The fourth-order valence-corrected chi connectivity index (χ4v) is 2.22. The number of hydroxylamine groups is 3. The molecule has 0 spiro atoms. The van der Waals surface area contributed by atoms with Crippen molar-refractivity contribution < 1.29 is 100 Å². The van der Waals surface area contributed by atoms with Gasteiger partial charge in [0.2, 0.25) is 6.79 Å². The minimum atomic E-state index is -2.00. The summed E-state index contributed by atoms with van der Waals surface area (Å²) in [5, 5.41) is 123. The summed E-state index contributed by atoms with van der Waals surface area (Å²) in [7, 11) is 0. The number of hydrogen-bond donors (Lipinski definition) is 4. The number of amides is 2. The summed E-state index contributed by atoms with van der Waals surface area (Å²) in [6.07, 6.45) is -0.167. The van der Waals surface area contributed by atoms with Crippen LogP contribution in [0.25, 0.3) is 0 Å². The lowest BCUT2D eigenvalue weighted by molar-refractivity contribution is -0.827. The van der Waals surface area contributed by atoms with E-state index in [1.807, 2.05) is 10.8 Å². The quantitative estimate of drug-likeness (QED) is 0.0210. The zero-order chi connectivity index (χ0) is 60.0. The fraction of sp³-hybridized carbons (Fsp3) is 0.853. The number of aliphatic hydroxyl groups is 1. The average molecular weight is 1110 g/mol. The predicted octanol–water partition coefficient (Wildman–Crippen LogP) is 2.16. The minimum absolute atomic E-state index is 0. The topological polar surface area (TPSA) is 630 Å². The molecule has 1 aliphatic rings. The van der Waals surface area contributed by atoms with Gasteiger partial charge in [-0.15, -0.1) is 10.1 Å². The molecule has 41 nitrogen and oxygen atoms in total. The van der Waals surface area contributed by atoms with Gasteiger partial charge in [0, 0.05) is 82.2 Å². The van der Waals surface area contributed by atoms with Crippen LogP contribution in [-0.4, -0.2) is 145 Å². The second-order valence-electron chi connectivity index (χ2n) is 13.9. The number of nitroso groups, excluding NO2 is 2. The molecule has 75 heavy (non-hydrogen) atoms. The van der Waals surface area contributed by atoms with Gasteiger partial charge in [0.05, 0.1) is 16.0 Å². The first kappa shape index (κ1) is 93.4. The van der Waals surface area contributed by atoms with E-state index in [-0.39, 0.29) is 95.9 Å². The standard InChI is InChI=1S/C7H14N2O4.C6H12N3O4.C6H13N3O4.C5H10N3O3.C3H8N2O.C3H8O.C2H3NO2.C2H4O2.N2.HNO.2H2O/c1-6(2)8-9(11)4-12-5-13-7(3)10;1-5(2)7-9(11)8-6(3,10)12-4-13-8;1-5(2)7-9(11)8-13-4-12-6(3)10;1-4(2)6-8(11)7(10)5(3)9;1-3(2)4-5-6;1-3(2)4;1-2(4)3-5;1-2(3)4;2*1-2;;/h6H,4-5H2,1-3H3;5H,4H2,1-3H3;5H,4H2,1-3H3,(H,7,8);4H,1-3H3;3H,1-2H3,(H,4,6);3-4H,1-2H3;1H3;1H3,(H,3,4);;1H;2*1H2/q;-1;;-1;;;;;;;;/p+1. The number of nitrogens with zero attached hydrogens (tertiary/aromatic N) is 15. The van der Waals surface area contributed by atoms with Crippen LogP contribution in [0.4, 0.5) is 0 Å². The summed E-state index contributed by atoms with van der Waals surface area (Å²) in [4.78, 5) is 75.0. The molecule has 0 aromatic heterocycles. The van der Waals surface area contributed by atoms with E-state index in [9.17, 15) is 55.5 Å². The second kappa shape index (κ2) is 62.5. The Bertz CT molecular complexity index is 1580. The van der Waals surface area contributed by atoms with Crippen molar-refractivity contribution in [3.05, 3.63) is 41.1 Å². The van der Waals surface area contributed by atoms with Crippen LogP contribution in [0.5, 0.6) is 0 Å². The van der Waals surface area contributed by atoms with Crippen molar-refractivity contribution in [2.24, 2.45) is 36.0 Å². The van der Waals surface area contributed by atoms with Gasteiger partial charge in [0.1, 0.15) is 24.2 Å². The highest BCUT2D eigenvalue weighted by molar-refractivity contribution is 5.73. The van der Waals surface area contributed by atoms with Crippen molar-refractivity contribution in [1.82, 2.24) is 15.9 Å². The number of carbonyl (C=O) groups excluding carboxylic acids is 4. The van der Waals surface area contributed by atoms with Gasteiger partial charge in [-0.25, -0.2) is 5.28 Å². The maximum atomic E-state index is 11.3. The monoisotopic (exact) mass is 1110 g/mol. The lowest BCUT2D eigenvalue weighted by Gasteiger charge is -2.31. The van der Waals surface area contributed by atoms with Crippen LogP contribution in [0.3, 0.4) is 0 Å². The molecule has 1 saturated heterocycles. The molecule has 1 atom stereocenters. The highest BCUT2D eigenvalue weighted by Gasteiger charge is 2.36. The normalized spacial score (nSPS) is 13.3. The van der Waals surface area contributed by atoms with E-state index in [1.54, 1.807) is 83.1 Å². The number of hydrazine groups is 3. The number of azo groups is 1. The van der Waals surface area contributed by atoms with Gasteiger partial charge in [0.15, 0.2) is 19.5 Å². The lowest BCUT2D eigenvalue weighted by Crippen LogP contribution is -2.55. The number of aliphatic carboxylic acids is 1. The maximum Gasteiger partial charge on any atom is 1.00 e. The Kier molecular flexibility index (Phi) is 77.9. The van der Waals surface area contributed by atoms with Gasteiger partial charge in [-0.1, -0.05) is 10.5 Å². The minimum Gasteiger partial charge on any atom is -0.806 e. The fourth-order valence-electron chi connectivity index (χ4n) is 2.22. The van der Waals surface area contributed by atoms with Crippen molar-refractivity contribution in [2.45, 2.75) is 167 Å². The molecule has 1 aliphatic heterocycles. The largest absolute Gasteiger partial charge is 1.00 e. The molecule has 0 saturated carbocycles. The number of nitrogens with one attached hydrogen (secondary N) is 2. The van der Waals surface area contributed by atoms with Crippen LogP contribution in [0.15, 0.2) is 36.0 Å². The number of carbonyl (C=O) groups is 5. The number of carboxylic acid groups (broad SMARTS) is 1. The van der Waals surface area contributed by atoms with Crippen LogP contribution in [-0.2, 0) is 58.1 Å². The molecule has 9 N–H and O–H groups in total. The molecular formula is C34H78N17O24-. The smallest absolute Gasteiger partial charge is 0.806 e. The SMILES string of the molecule is CC(=O)N([O-])[N+]([O-])=NC(C)C.CC(=O)N=O.CC(=O)O.CC(=O)OCOC[N+]([O-])=NC(C)C.CC(=O)OCON[N+]([O-])=NC(C)C.CC(C)N=N[O-].CC(C)N=[N+]([O-])N1OCOC1(C)[O-].CC(C)O.N#N.N=O.O.[H+].[OH3+]. The van der Waals surface area contributed by atoms with E-state index in [4.69, 9.17) is 35.6 Å². The first-order chi connectivity index (χ1) is 33.4. The third-order valence-electron chi connectivity index (χ3n) is 4.20. The summed E-state index contributed by atoms with van der Waals surface area (Å²) in [6, 6.07) is -0.680. The zero-order valence-electron chi connectivity index (χ0n) is 46.1. The van der Waals surface area contributed by atoms with Crippen molar-refractivity contribution in [3.8, 4) is 0 Å².